The van der Waals surface area contributed by atoms with Crippen LogP contribution in [0, 0.1) is 0 Å². The third-order valence-corrected chi connectivity index (χ3v) is 4.91. The van der Waals surface area contributed by atoms with Crippen LogP contribution in [-0.2, 0) is 0 Å². The van der Waals surface area contributed by atoms with Gasteiger partial charge in [-0.25, -0.2) is 4.68 Å². The minimum Gasteiger partial charge on any atom is -0.504 e. The van der Waals surface area contributed by atoms with Crippen LogP contribution in [-0.4, -0.2) is 27.1 Å². The summed E-state index contributed by atoms with van der Waals surface area (Å²) in [6, 6.07) is 12.8. The maximum atomic E-state index is 9.98. The van der Waals surface area contributed by atoms with Gasteiger partial charge >= 0.3 is 0 Å². The number of aromatic hydroxyl groups is 2. The van der Waals surface area contributed by atoms with Gasteiger partial charge in [-0.15, -0.1) is 11.3 Å². The molecule has 1 aromatic heterocycles. The van der Waals surface area contributed by atoms with E-state index in [1.165, 1.54) is 23.6 Å². The zero-order chi connectivity index (χ0) is 18.7. The van der Waals surface area contributed by atoms with E-state index in [0.717, 1.165) is 20.5 Å². The molecule has 0 aliphatic heterocycles. The van der Waals surface area contributed by atoms with Gasteiger partial charge in [0.15, 0.2) is 11.5 Å². The molecule has 0 bridgehead atoms. The number of phenols is 2. The van der Waals surface area contributed by atoms with E-state index in [9.17, 15) is 10.2 Å². The van der Waals surface area contributed by atoms with Crippen molar-refractivity contribution in [2.75, 3.05) is 0 Å². The summed E-state index contributed by atoms with van der Waals surface area (Å²) in [5, 5.41) is 26.2. The van der Waals surface area contributed by atoms with Gasteiger partial charge in [0.25, 0.3) is 0 Å². The largest absolute Gasteiger partial charge is 0.504 e. The van der Waals surface area contributed by atoms with Crippen molar-refractivity contribution in [3.05, 3.63) is 62.7 Å². The van der Waals surface area contributed by atoms with Crippen LogP contribution in [0.5, 0.6) is 11.5 Å². The molecular weight excluding hydrogens is 414 g/mol. The maximum absolute atomic E-state index is 9.98. The van der Waals surface area contributed by atoms with E-state index in [-0.39, 0.29) is 17.5 Å². The van der Waals surface area contributed by atoms with Crippen molar-refractivity contribution < 1.29 is 10.2 Å². The van der Waals surface area contributed by atoms with E-state index in [2.05, 4.69) is 26.0 Å². The number of halogens is 1. The smallest absolute Gasteiger partial charge is 0.206 e. The highest BCUT2D eigenvalue weighted by atomic mass is 79.9. The average Bonchev–Trinajstić information content (AvgIpc) is 2.99. The minimum atomic E-state index is -0.195. The molecule has 3 aromatic rings. The molecule has 134 valence electrons. The fraction of sp³-hybridized carbons (Fsp3) is 0.158. The first-order chi connectivity index (χ1) is 12.5. The molecule has 0 aliphatic carbocycles. The Labute approximate surface area is 163 Å². The highest BCUT2D eigenvalue weighted by Gasteiger charge is 2.09. The molecule has 0 fully saturated rings. The standard InChI is InChI=1S/C19H18BrN3O2S/c1-12(2)22-19-23(21-10-14-4-3-5-17(24)18(14)25)16(11-26-19)13-6-8-15(20)9-7-13/h3-12,24-25H,1-2H3. The Bertz CT molecular complexity index is 1000. The first-order valence-corrected chi connectivity index (χ1v) is 9.68. The van der Waals surface area contributed by atoms with Crippen LogP contribution < -0.4 is 4.80 Å². The van der Waals surface area contributed by atoms with Gasteiger partial charge in [0.1, 0.15) is 0 Å². The average molecular weight is 432 g/mol. The summed E-state index contributed by atoms with van der Waals surface area (Å²) in [6.45, 7) is 4.02. The monoisotopic (exact) mass is 431 g/mol. The second-order valence-electron chi connectivity index (χ2n) is 5.90. The van der Waals surface area contributed by atoms with Crippen molar-refractivity contribution in [2.45, 2.75) is 19.9 Å². The zero-order valence-electron chi connectivity index (χ0n) is 14.3. The van der Waals surface area contributed by atoms with E-state index >= 15 is 0 Å². The highest BCUT2D eigenvalue weighted by molar-refractivity contribution is 9.10. The van der Waals surface area contributed by atoms with Gasteiger partial charge in [-0.3, -0.25) is 4.99 Å². The molecular formula is C19H18BrN3O2S. The summed E-state index contributed by atoms with van der Waals surface area (Å²) in [5.74, 6) is -0.371. The first-order valence-electron chi connectivity index (χ1n) is 8.01. The molecule has 0 saturated carbocycles. The van der Waals surface area contributed by atoms with Crippen molar-refractivity contribution in [1.29, 1.82) is 0 Å². The fourth-order valence-corrected chi connectivity index (χ4v) is 3.55. The van der Waals surface area contributed by atoms with E-state index < -0.39 is 0 Å². The van der Waals surface area contributed by atoms with Crippen molar-refractivity contribution in [1.82, 2.24) is 4.68 Å². The number of para-hydroxylation sites is 1. The lowest BCUT2D eigenvalue weighted by atomic mass is 10.2. The number of rotatable bonds is 4. The normalized spacial score (nSPS) is 12.4. The minimum absolute atomic E-state index is 0.127. The van der Waals surface area contributed by atoms with Gasteiger partial charge in [-0.2, -0.15) is 5.10 Å². The molecule has 0 spiro atoms. The predicted octanol–water partition coefficient (Wildman–Crippen LogP) is 4.58. The zero-order valence-corrected chi connectivity index (χ0v) is 16.7. The predicted molar refractivity (Wildman–Crippen MR) is 109 cm³/mol. The second-order valence-corrected chi connectivity index (χ2v) is 7.66. The summed E-state index contributed by atoms with van der Waals surface area (Å²) < 4.78 is 2.75. The number of phenolic OH excluding ortho intramolecular Hbond substituents is 2. The van der Waals surface area contributed by atoms with Crippen molar-refractivity contribution in [3.8, 4) is 22.8 Å². The number of hydrogen-bond donors (Lipinski definition) is 2. The maximum Gasteiger partial charge on any atom is 0.206 e. The number of hydrogen-bond acceptors (Lipinski definition) is 5. The SMILES string of the molecule is CC(C)N=c1scc(-c2ccc(Br)cc2)n1N=Cc1cccc(O)c1O. The molecule has 26 heavy (non-hydrogen) atoms. The molecule has 1 heterocycles. The Morgan fingerprint density at radius 3 is 2.54 bits per heavy atom. The highest BCUT2D eigenvalue weighted by Crippen LogP contribution is 2.27. The van der Waals surface area contributed by atoms with Gasteiger partial charge in [-0.05, 0) is 38.1 Å². The summed E-state index contributed by atoms with van der Waals surface area (Å²) in [7, 11) is 0. The number of thiazole rings is 1. The van der Waals surface area contributed by atoms with Gasteiger partial charge in [0.05, 0.1) is 11.9 Å². The molecule has 0 unspecified atom stereocenters. The molecule has 0 amide bonds. The van der Waals surface area contributed by atoms with Crippen molar-refractivity contribution in [2.24, 2.45) is 10.1 Å². The third-order valence-electron chi connectivity index (χ3n) is 3.55. The van der Waals surface area contributed by atoms with Crippen LogP contribution in [0.2, 0.25) is 0 Å². The molecule has 2 aromatic carbocycles. The summed E-state index contributed by atoms with van der Waals surface area (Å²) in [4.78, 5) is 5.38. The fourth-order valence-electron chi connectivity index (χ4n) is 2.31. The Morgan fingerprint density at radius 1 is 1.12 bits per heavy atom. The molecule has 5 nitrogen and oxygen atoms in total. The van der Waals surface area contributed by atoms with Crippen molar-refractivity contribution >= 4 is 33.5 Å². The Morgan fingerprint density at radius 2 is 1.85 bits per heavy atom. The second kappa shape index (κ2) is 7.88. The summed E-state index contributed by atoms with van der Waals surface area (Å²) in [6.07, 6.45) is 1.52. The topological polar surface area (TPSA) is 70.1 Å². The van der Waals surface area contributed by atoms with Crippen LogP contribution >= 0.6 is 27.3 Å². The van der Waals surface area contributed by atoms with Crippen LogP contribution in [0.15, 0.2) is 62.4 Å². The van der Waals surface area contributed by atoms with E-state index in [0.29, 0.717) is 5.56 Å². The van der Waals surface area contributed by atoms with Crippen LogP contribution in [0.4, 0.5) is 0 Å². The Kier molecular flexibility index (Phi) is 5.58. The van der Waals surface area contributed by atoms with Crippen LogP contribution in [0.3, 0.4) is 0 Å². The molecule has 0 saturated heterocycles. The van der Waals surface area contributed by atoms with Gasteiger partial charge in [-0.1, -0.05) is 34.1 Å². The Balaban J connectivity index is 2.11. The van der Waals surface area contributed by atoms with E-state index in [1.807, 2.05) is 43.5 Å². The van der Waals surface area contributed by atoms with Crippen molar-refractivity contribution in [3.63, 3.8) is 0 Å². The first kappa shape index (κ1) is 18.4. The lowest BCUT2D eigenvalue weighted by Gasteiger charge is -2.05. The lowest BCUT2D eigenvalue weighted by molar-refractivity contribution is 0.403. The summed E-state index contributed by atoms with van der Waals surface area (Å²) >= 11 is 4.95. The van der Waals surface area contributed by atoms with Crippen LogP contribution in [0.1, 0.15) is 19.4 Å². The van der Waals surface area contributed by atoms with E-state index in [1.54, 1.807) is 16.8 Å². The molecule has 7 heteroatoms. The molecule has 0 radical (unpaired) electrons. The number of nitrogens with zero attached hydrogens (tertiary/aromatic N) is 3. The van der Waals surface area contributed by atoms with E-state index in [4.69, 9.17) is 0 Å². The third kappa shape index (κ3) is 4.05. The van der Waals surface area contributed by atoms with Gasteiger partial charge < -0.3 is 10.2 Å². The Hall–Kier alpha value is -2.38. The molecule has 2 N–H and O–H groups in total. The molecule has 3 rings (SSSR count). The van der Waals surface area contributed by atoms with Crippen LogP contribution in [0.25, 0.3) is 11.3 Å². The quantitative estimate of drug-likeness (QED) is 0.468. The molecule has 0 atom stereocenters. The number of aromatic nitrogens is 1. The lowest BCUT2D eigenvalue weighted by Crippen LogP contribution is -2.14. The summed E-state index contributed by atoms with van der Waals surface area (Å²) in [5.41, 5.74) is 2.34. The van der Waals surface area contributed by atoms with Gasteiger partial charge in [0, 0.05) is 27.0 Å². The molecule has 0 aliphatic rings. The van der Waals surface area contributed by atoms with Gasteiger partial charge in [0.2, 0.25) is 4.80 Å². The number of benzene rings is 2.